The van der Waals surface area contributed by atoms with Gasteiger partial charge in [0.2, 0.25) is 0 Å². The van der Waals surface area contributed by atoms with Crippen molar-refractivity contribution in [2.45, 2.75) is 76.9 Å². The molecule has 1 aliphatic carbocycles. The fourth-order valence-electron chi connectivity index (χ4n) is 3.95. The second kappa shape index (κ2) is 10.3. The standard InChI is InChI=1S/C20H30N6O.HI/c1-2-18-24-19-10-9-16(14-26(19)25-18)23-20(22-15-6-3-4-7-15)21-12-11-17-8-5-13-27-17;/h5,8,13,15-16H,2-4,6-7,9-12,14H2,1H3,(H2,21,22,23);1H. The molecule has 2 aromatic rings. The average Bonchev–Trinajstić information content (AvgIpc) is 3.43. The molecule has 1 saturated carbocycles. The number of halogens is 1. The fourth-order valence-corrected chi connectivity index (χ4v) is 3.95. The van der Waals surface area contributed by atoms with E-state index >= 15 is 0 Å². The summed E-state index contributed by atoms with van der Waals surface area (Å²) in [5, 5.41) is 11.9. The molecule has 7 nitrogen and oxygen atoms in total. The summed E-state index contributed by atoms with van der Waals surface area (Å²) in [6.45, 7) is 3.68. The average molecular weight is 498 g/mol. The summed E-state index contributed by atoms with van der Waals surface area (Å²) in [7, 11) is 0. The lowest BCUT2D eigenvalue weighted by Crippen LogP contribution is -2.49. The monoisotopic (exact) mass is 498 g/mol. The van der Waals surface area contributed by atoms with E-state index in [0.717, 1.165) is 62.1 Å². The van der Waals surface area contributed by atoms with Gasteiger partial charge in [-0.3, -0.25) is 4.99 Å². The number of hydrogen-bond acceptors (Lipinski definition) is 4. The summed E-state index contributed by atoms with van der Waals surface area (Å²) < 4.78 is 7.49. The number of hydrogen-bond donors (Lipinski definition) is 2. The lowest BCUT2D eigenvalue weighted by Gasteiger charge is -2.27. The number of aryl methyl sites for hydroxylation is 2. The zero-order valence-corrected chi connectivity index (χ0v) is 18.9. The van der Waals surface area contributed by atoms with E-state index in [4.69, 9.17) is 9.41 Å². The molecular weight excluding hydrogens is 467 g/mol. The van der Waals surface area contributed by atoms with Gasteiger partial charge in [-0.25, -0.2) is 9.67 Å². The van der Waals surface area contributed by atoms with Crippen LogP contribution in [0.1, 0.15) is 56.4 Å². The van der Waals surface area contributed by atoms with Crippen LogP contribution in [0.4, 0.5) is 0 Å². The number of aliphatic imine (C=N–C) groups is 1. The van der Waals surface area contributed by atoms with E-state index < -0.39 is 0 Å². The van der Waals surface area contributed by atoms with Crippen molar-refractivity contribution in [1.29, 1.82) is 0 Å². The van der Waals surface area contributed by atoms with Gasteiger partial charge in [0.1, 0.15) is 11.6 Å². The van der Waals surface area contributed by atoms with Crippen molar-refractivity contribution >= 4 is 29.9 Å². The lowest BCUT2D eigenvalue weighted by atomic mass is 10.1. The van der Waals surface area contributed by atoms with Crippen LogP contribution in [0.5, 0.6) is 0 Å². The summed E-state index contributed by atoms with van der Waals surface area (Å²) in [5.41, 5.74) is 0. The maximum atomic E-state index is 5.42. The quantitative estimate of drug-likeness (QED) is 0.364. The first kappa shape index (κ1) is 21.1. The Morgan fingerprint density at radius 1 is 1.25 bits per heavy atom. The molecule has 2 aliphatic rings. The van der Waals surface area contributed by atoms with E-state index in [9.17, 15) is 0 Å². The van der Waals surface area contributed by atoms with Crippen LogP contribution in [-0.4, -0.2) is 39.4 Å². The minimum absolute atomic E-state index is 0. The third kappa shape index (κ3) is 5.48. The largest absolute Gasteiger partial charge is 0.469 e. The Balaban J connectivity index is 0.00000225. The van der Waals surface area contributed by atoms with Crippen LogP contribution in [0.15, 0.2) is 27.8 Å². The Bertz CT molecular complexity index is 751. The summed E-state index contributed by atoms with van der Waals surface area (Å²) >= 11 is 0. The van der Waals surface area contributed by atoms with Crippen LogP contribution in [0.2, 0.25) is 0 Å². The number of nitrogens with one attached hydrogen (secondary N) is 2. The smallest absolute Gasteiger partial charge is 0.191 e. The Kier molecular flexibility index (Phi) is 7.75. The first-order chi connectivity index (χ1) is 13.3. The molecule has 0 spiro atoms. The van der Waals surface area contributed by atoms with Gasteiger partial charge < -0.3 is 15.1 Å². The zero-order valence-electron chi connectivity index (χ0n) is 16.6. The highest BCUT2D eigenvalue weighted by atomic mass is 127. The van der Waals surface area contributed by atoms with Crippen LogP contribution in [0.25, 0.3) is 0 Å². The van der Waals surface area contributed by atoms with E-state index in [1.165, 1.54) is 25.7 Å². The minimum atomic E-state index is 0. The van der Waals surface area contributed by atoms with Crippen molar-refractivity contribution < 1.29 is 4.42 Å². The van der Waals surface area contributed by atoms with Crippen LogP contribution >= 0.6 is 24.0 Å². The molecule has 0 bridgehead atoms. The predicted octanol–water partition coefficient (Wildman–Crippen LogP) is 3.09. The van der Waals surface area contributed by atoms with Gasteiger partial charge in [0.05, 0.1) is 12.8 Å². The second-order valence-electron chi connectivity index (χ2n) is 7.55. The van der Waals surface area contributed by atoms with E-state index in [2.05, 4.69) is 32.3 Å². The van der Waals surface area contributed by atoms with Crippen molar-refractivity contribution in [2.24, 2.45) is 4.99 Å². The molecular formula is C20H31IN6O. The molecule has 1 aliphatic heterocycles. The van der Waals surface area contributed by atoms with E-state index in [1.807, 2.05) is 12.1 Å². The fraction of sp³-hybridized carbons (Fsp3) is 0.650. The molecule has 1 fully saturated rings. The number of aromatic nitrogens is 3. The molecule has 2 N–H and O–H groups in total. The topological polar surface area (TPSA) is 80.3 Å². The number of fused-ring (bicyclic) bond motifs is 1. The number of nitrogens with zero attached hydrogens (tertiary/aromatic N) is 4. The predicted molar refractivity (Wildman–Crippen MR) is 120 cm³/mol. The molecule has 2 aromatic heterocycles. The Hall–Kier alpha value is -1.58. The molecule has 154 valence electrons. The highest BCUT2D eigenvalue weighted by Gasteiger charge is 2.23. The molecule has 0 saturated heterocycles. The van der Waals surface area contributed by atoms with Crippen LogP contribution in [0, 0.1) is 0 Å². The number of furan rings is 1. The molecule has 1 atom stereocenters. The summed E-state index contributed by atoms with van der Waals surface area (Å²) in [6.07, 6.45) is 10.5. The van der Waals surface area contributed by atoms with Crippen LogP contribution < -0.4 is 10.6 Å². The molecule has 3 heterocycles. The van der Waals surface area contributed by atoms with Crippen LogP contribution in [-0.2, 0) is 25.8 Å². The molecule has 28 heavy (non-hydrogen) atoms. The van der Waals surface area contributed by atoms with Crippen molar-refractivity contribution in [3.8, 4) is 0 Å². The molecule has 8 heteroatoms. The molecule has 0 radical (unpaired) electrons. The zero-order chi connectivity index (χ0) is 18.5. The minimum Gasteiger partial charge on any atom is -0.469 e. The third-order valence-corrected chi connectivity index (χ3v) is 5.46. The van der Waals surface area contributed by atoms with E-state index in [-0.39, 0.29) is 24.0 Å². The van der Waals surface area contributed by atoms with Gasteiger partial charge in [-0.1, -0.05) is 19.8 Å². The summed E-state index contributed by atoms with van der Waals surface area (Å²) in [5.74, 6) is 3.97. The molecule has 1 unspecified atom stereocenters. The maximum Gasteiger partial charge on any atom is 0.191 e. The molecule has 0 amide bonds. The van der Waals surface area contributed by atoms with Gasteiger partial charge in [-0.15, -0.1) is 24.0 Å². The normalized spacial score (nSPS) is 19.9. The Labute approximate surface area is 183 Å². The number of rotatable bonds is 6. The Morgan fingerprint density at radius 2 is 2.07 bits per heavy atom. The maximum absolute atomic E-state index is 5.42. The number of guanidine groups is 1. The molecule has 4 rings (SSSR count). The SMILES string of the molecule is CCc1nc2n(n1)CC(NC(=NCCc1ccco1)NC1CCCC1)CC2.I. The first-order valence-corrected chi connectivity index (χ1v) is 10.3. The highest BCUT2D eigenvalue weighted by molar-refractivity contribution is 14.0. The van der Waals surface area contributed by atoms with Gasteiger partial charge in [0.25, 0.3) is 0 Å². The second-order valence-corrected chi connectivity index (χ2v) is 7.55. The molecule has 0 aromatic carbocycles. The van der Waals surface area contributed by atoms with Crippen LogP contribution in [0.3, 0.4) is 0 Å². The Morgan fingerprint density at radius 3 is 2.82 bits per heavy atom. The lowest BCUT2D eigenvalue weighted by molar-refractivity contribution is 0.390. The van der Waals surface area contributed by atoms with Gasteiger partial charge in [-0.05, 0) is 31.4 Å². The summed E-state index contributed by atoms with van der Waals surface area (Å²) in [4.78, 5) is 9.43. The van der Waals surface area contributed by atoms with E-state index in [0.29, 0.717) is 12.1 Å². The van der Waals surface area contributed by atoms with E-state index in [1.54, 1.807) is 6.26 Å². The van der Waals surface area contributed by atoms with Crippen molar-refractivity contribution in [3.63, 3.8) is 0 Å². The van der Waals surface area contributed by atoms with Crippen molar-refractivity contribution in [1.82, 2.24) is 25.4 Å². The van der Waals surface area contributed by atoms with Crippen molar-refractivity contribution in [2.75, 3.05) is 6.54 Å². The van der Waals surface area contributed by atoms with Gasteiger partial charge in [0, 0.05) is 37.9 Å². The highest BCUT2D eigenvalue weighted by Crippen LogP contribution is 2.18. The van der Waals surface area contributed by atoms with Crippen molar-refractivity contribution in [3.05, 3.63) is 35.8 Å². The van der Waals surface area contributed by atoms with Gasteiger partial charge in [0.15, 0.2) is 11.8 Å². The summed E-state index contributed by atoms with van der Waals surface area (Å²) in [6, 6.07) is 4.81. The van der Waals surface area contributed by atoms with Gasteiger partial charge in [-0.2, -0.15) is 5.10 Å². The first-order valence-electron chi connectivity index (χ1n) is 10.3. The van der Waals surface area contributed by atoms with Gasteiger partial charge >= 0.3 is 0 Å². The third-order valence-electron chi connectivity index (χ3n) is 5.46.